The van der Waals surface area contributed by atoms with E-state index in [9.17, 15) is 4.79 Å². The van der Waals surface area contributed by atoms with E-state index in [1.165, 1.54) is 0 Å². The molecule has 1 N–H and O–H groups in total. The molecule has 3 heterocycles. The average Bonchev–Trinajstić information content (AvgIpc) is 3.22. The van der Waals surface area contributed by atoms with E-state index < -0.39 is 0 Å². The van der Waals surface area contributed by atoms with Gasteiger partial charge in [0.2, 0.25) is 5.91 Å². The van der Waals surface area contributed by atoms with Crippen LogP contribution in [0.3, 0.4) is 0 Å². The molecule has 0 spiro atoms. The second-order valence-electron chi connectivity index (χ2n) is 7.27. The van der Waals surface area contributed by atoms with Gasteiger partial charge in [0.1, 0.15) is 5.82 Å². The van der Waals surface area contributed by atoms with Gasteiger partial charge in [0.15, 0.2) is 4.77 Å². The molecule has 0 aliphatic carbocycles. The standard InChI is InChI=1S/C20H25N5OS/c1-3-25-19(21-22-20(25)27)14-7-6-10-24(13-14)18(26)11-15-12-23(2)17-9-5-4-8-16(15)17/h4-5,8-9,12,14H,3,6-7,10-11,13H2,1-2H3,(H,22,27). The first kappa shape index (κ1) is 18.0. The third-order valence-electron chi connectivity index (χ3n) is 5.56. The number of aryl methyl sites for hydroxylation is 1. The molecule has 1 unspecified atom stereocenters. The number of nitrogens with one attached hydrogen (secondary N) is 1. The van der Waals surface area contributed by atoms with Crippen LogP contribution in [-0.2, 0) is 24.8 Å². The first-order valence-corrected chi connectivity index (χ1v) is 9.95. The summed E-state index contributed by atoms with van der Waals surface area (Å²) in [4.78, 5) is 15.0. The second kappa shape index (κ2) is 7.31. The lowest BCUT2D eigenvalue weighted by Crippen LogP contribution is -2.40. The number of piperidine rings is 1. The predicted octanol–water partition coefficient (Wildman–Crippen LogP) is 3.40. The van der Waals surface area contributed by atoms with Crippen LogP contribution in [0.2, 0.25) is 0 Å². The number of hydrogen-bond donors (Lipinski definition) is 1. The van der Waals surface area contributed by atoms with Gasteiger partial charge in [0.05, 0.1) is 6.42 Å². The van der Waals surface area contributed by atoms with Gasteiger partial charge in [-0.2, -0.15) is 5.10 Å². The number of aromatic nitrogens is 4. The molecule has 1 atom stereocenters. The Morgan fingerprint density at radius 3 is 3.00 bits per heavy atom. The Labute approximate surface area is 163 Å². The van der Waals surface area contributed by atoms with E-state index >= 15 is 0 Å². The molecule has 27 heavy (non-hydrogen) atoms. The highest BCUT2D eigenvalue weighted by molar-refractivity contribution is 7.71. The van der Waals surface area contributed by atoms with Crippen LogP contribution in [-0.4, -0.2) is 43.2 Å². The fourth-order valence-electron chi connectivity index (χ4n) is 4.20. The number of nitrogens with zero attached hydrogens (tertiary/aromatic N) is 4. The molecule has 2 aromatic heterocycles. The number of hydrogen-bond acceptors (Lipinski definition) is 3. The first-order valence-electron chi connectivity index (χ1n) is 9.54. The van der Waals surface area contributed by atoms with E-state index in [4.69, 9.17) is 12.2 Å². The number of benzene rings is 1. The van der Waals surface area contributed by atoms with E-state index in [0.29, 0.717) is 17.7 Å². The van der Waals surface area contributed by atoms with Crippen LogP contribution >= 0.6 is 12.2 Å². The number of para-hydroxylation sites is 1. The van der Waals surface area contributed by atoms with Crippen LogP contribution in [0.5, 0.6) is 0 Å². The Kier molecular flexibility index (Phi) is 4.86. The van der Waals surface area contributed by atoms with E-state index in [-0.39, 0.29) is 11.8 Å². The molecule has 6 nitrogen and oxygen atoms in total. The Morgan fingerprint density at radius 1 is 1.37 bits per heavy atom. The van der Waals surface area contributed by atoms with Crippen molar-refractivity contribution in [1.29, 1.82) is 0 Å². The minimum Gasteiger partial charge on any atom is -0.350 e. The molecule has 142 valence electrons. The highest BCUT2D eigenvalue weighted by Crippen LogP contribution is 2.27. The zero-order chi connectivity index (χ0) is 19.0. The SMILES string of the molecule is CCn1c(C2CCCN(C(=O)Cc3cn(C)c4ccccc34)C2)n[nH]c1=S. The zero-order valence-corrected chi connectivity index (χ0v) is 16.6. The highest BCUT2D eigenvalue weighted by atomic mass is 32.1. The van der Waals surface area contributed by atoms with Crippen molar-refractivity contribution < 1.29 is 4.79 Å². The number of rotatable bonds is 4. The van der Waals surface area contributed by atoms with Crippen molar-refractivity contribution in [3.63, 3.8) is 0 Å². The molecular formula is C20H25N5OS. The van der Waals surface area contributed by atoms with Crippen LogP contribution in [0.4, 0.5) is 0 Å². The minimum absolute atomic E-state index is 0.188. The summed E-state index contributed by atoms with van der Waals surface area (Å²) in [7, 11) is 2.03. The van der Waals surface area contributed by atoms with Crippen molar-refractivity contribution in [2.75, 3.05) is 13.1 Å². The summed E-state index contributed by atoms with van der Waals surface area (Å²) in [5.41, 5.74) is 2.26. The minimum atomic E-state index is 0.188. The third-order valence-corrected chi connectivity index (χ3v) is 5.88. The summed E-state index contributed by atoms with van der Waals surface area (Å²) in [5, 5.41) is 8.50. The molecule has 1 saturated heterocycles. The molecule has 1 amide bonds. The number of amides is 1. The quantitative estimate of drug-likeness (QED) is 0.703. The van der Waals surface area contributed by atoms with Gasteiger partial charge < -0.3 is 14.0 Å². The molecule has 1 aromatic carbocycles. The fourth-order valence-corrected chi connectivity index (χ4v) is 4.47. The lowest BCUT2D eigenvalue weighted by atomic mass is 9.96. The van der Waals surface area contributed by atoms with Gasteiger partial charge in [-0.15, -0.1) is 0 Å². The number of fused-ring (bicyclic) bond motifs is 1. The number of carbonyl (C=O) groups is 1. The van der Waals surface area contributed by atoms with Crippen molar-refractivity contribution in [2.45, 2.75) is 38.6 Å². The van der Waals surface area contributed by atoms with Gasteiger partial charge >= 0.3 is 0 Å². The van der Waals surface area contributed by atoms with E-state index in [1.807, 2.05) is 28.6 Å². The summed E-state index contributed by atoms with van der Waals surface area (Å²) in [6.07, 6.45) is 4.55. The smallest absolute Gasteiger partial charge is 0.227 e. The largest absolute Gasteiger partial charge is 0.350 e. The number of carbonyl (C=O) groups excluding carboxylic acids is 1. The van der Waals surface area contributed by atoms with Crippen molar-refractivity contribution in [1.82, 2.24) is 24.2 Å². The van der Waals surface area contributed by atoms with Crippen molar-refractivity contribution in [3.05, 3.63) is 46.6 Å². The molecular weight excluding hydrogens is 358 g/mol. The summed E-state index contributed by atoms with van der Waals surface area (Å²) in [6, 6.07) is 8.24. The lowest BCUT2D eigenvalue weighted by molar-refractivity contribution is -0.131. The Bertz CT molecular complexity index is 1030. The van der Waals surface area contributed by atoms with Crippen LogP contribution in [0.1, 0.15) is 37.1 Å². The topological polar surface area (TPSA) is 58.9 Å². The molecule has 3 aromatic rings. The highest BCUT2D eigenvalue weighted by Gasteiger charge is 2.28. The molecule has 0 saturated carbocycles. The Hall–Kier alpha value is -2.41. The first-order chi connectivity index (χ1) is 13.1. The van der Waals surface area contributed by atoms with E-state index in [0.717, 1.165) is 48.2 Å². The average molecular weight is 384 g/mol. The van der Waals surface area contributed by atoms with Gasteiger partial charge in [-0.25, -0.2) is 0 Å². The predicted molar refractivity (Wildman–Crippen MR) is 108 cm³/mol. The van der Waals surface area contributed by atoms with Crippen molar-refractivity contribution >= 4 is 29.0 Å². The third kappa shape index (κ3) is 3.32. The molecule has 1 aliphatic heterocycles. The summed E-state index contributed by atoms with van der Waals surface area (Å²) in [6.45, 7) is 4.40. The van der Waals surface area contributed by atoms with Crippen LogP contribution in [0, 0.1) is 4.77 Å². The monoisotopic (exact) mass is 383 g/mol. The summed E-state index contributed by atoms with van der Waals surface area (Å²) < 4.78 is 4.79. The van der Waals surface area contributed by atoms with Crippen LogP contribution in [0.15, 0.2) is 30.5 Å². The summed E-state index contributed by atoms with van der Waals surface area (Å²) in [5.74, 6) is 1.40. The van der Waals surface area contributed by atoms with E-state index in [1.54, 1.807) is 0 Å². The van der Waals surface area contributed by atoms with Crippen molar-refractivity contribution in [2.24, 2.45) is 7.05 Å². The maximum atomic E-state index is 13.0. The van der Waals surface area contributed by atoms with Crippen molar-refractivity contribution in [3.8, 4) is 0 Å². The maximum absolute atomic E-state index is 13.0. The molecule has 7 heteroatoms. The van der Waals surface area contributed by atoms with E-state index in [2.05, 4.69) is 40.0 Å². The number of H-pyrrole nitrogens is 1. The van der Waals surface area contributed by atoms with Gasteiger partial charge in [-0.1, -0.05) is 18.2 Å². The maximum Gasteiger partial charge on any atom is 0.227 e. The summed E-state index contributed by atoms with van der Waals surface area (Å²) >= 11 is 5.32. The van der Waals surface area contributed by atoms with Gasteiger partial charge in [0.25, 0.3) is 0 Å². The van der Waals surface area contributed by atoms with Gasteiger partial charge in [-0.3, -0.25) is 9.89 Å². The van der Waals surface area contributed by atoms with Crippen LogP contribution < -0.4 is 0 Å². The molecule has 0 bridgehead atoms. The molecule has 4 rings (SSSR count). The zero-order valence-electron chi connectivity index (χ0n) is 15.8. The number of aromatic amines is 1. The van der Waals surface area contributed by atoms with Gasteiger partial charge in [-0.05, 0) is 43.6 Å². The molecule has 1 aliphatic rings. The Balaban J connectivity index is 1.52. The molecule has 0 radical (unpaired) electrons. The molecule has 1 fully saturated rings. The second-order valence-corrected chi connectivity index (χ2v) is 7.66. The normalized spacial score (nSPS) is 17.6. The lowest BCUT2D eigenvalue weighted by Gasteiger charge is -2.32. The number of likely N-dealkylation sites (tertiary alicyclic amines) is 1. The van der Waals surface area contributed by atoms with Crippen LogP contribution in [0.25, 0.3) is 10.9 Å². The fraction of sp³-hybridized carbons (Fsp3) is 0.450. The Morgan fingerprint density at radius 2 is 2.19 bits per heavy atom. The van der Waals surface area contributed by atoms with Gasteiger partial charge in [0, 0.05) is 49.7 Å².